The molecule has 0 spiro atoms. The molecule has 1 unspecified atom stereocenters. The minimum absolute atomic E-state index is 0.831. The Hall–Kier alpha value is -0.930. The van der Waals surface area contributed by atoms with E-state index in [1.54, 1.807) is 0 Å². The van der Waals surface area contributed by atoms with Gasteiger partial charge in [-0.05, 0) is 5.53 Å². The summed E-state index contributed by atoms with van der Waals surface area (Å²) >= 11 is 0. The molecule has 0 aromatic rings. The van der Waals surface area contributed by atoms with Crippen LogP contribution in [0.25, 0.3) is 10.4 Å². The van der Waals surface area contributed by atoms with Gasteiger partial charge in [0.15, 0.2) is 6.23 Å². The summed E-state index contributed by atoms with van der Waals surface area (Å²) in [6, 6.07) is 0. The topological polar surface area (TPSA) is 170 Å². The standard InChI is InChI=1S/C6H13N3O6/c7-9-8-6(15)5(14)4(13)3(12)2(11)1-10/h2-6,10-15H,1H2/t2-,3+,4+,5-,6?/m1/s1. The van der Waals surface area contributed by atoms with Gasteiger partial charge in [0.05, 0.1) is 6.61 Å². The highest BCUT2D eigenvalue weighted by atomic mass is 16.4. The minimum Gasteiger partial charge on any atom is -0.394 e. The quantitative estimate of drug-likeness (QED) is 0.160. The molecule has 0 saturated heterocycles. The first-order chi connectivity index (χ1) is 6.95. The molecule has 0 aromatic carbocycles. The van der Waals surface area contributed by atoms with Crippen LogP contribution < -0.4 is 0 Å². The Labute approximate surface area is 84.5 Å². The van der Waals surface area contributed by atoms with E-state index in [2.05, 4.69) is 10.0 Å². The summed E-state index contributed by atoms with van der Waals surface area (Å²) in [6.45, 7) is -0.831. The van der Waals surface area contributed by atoms with Crippen LogP contribution in [0, 0.1) is 0 Å². The minimum atomic E-state index is -1.96. The molecule has 0 rings (SSSR count). The van der Waals surface area contributed by atoms with Gasteiger partial charge in [-0.1, -0.05) is 5.11 Å². The van der Waals surface area contributed by atoms with E-state index in [0.717, 1.165) is 0 Å². The number of hydrogen-bond donors (Lipinski definition) is 6. The first-order valence-electron chi connectivity index (χ1n) is 4.01. The zero-order valence-corrected chi connectivity index (χ0v) is 7.62. The summed E-state index contributed by atoms with van der Waals surface area (Å²) in [7, 11) is 0. The van der Waals surface area contributed by atoms with Crippen molar-refractivity contribution in [3.05, 3.63) is 10.4 Å². The number of hydrogen-bond acceptors (Lipinski definition) is 7. The third kappa shape index (κ3) is 3.98. The van der Waals surface area contributed by atoms with E-state index in [1.165, 1.54) is 0 Å². The average Bonchev–Trinajstić information content (AvgIpc) is 2.25. The zero-order valence-electron chi connectivity index (χ0n) is 7.62. The highest BCUT2D eigenvalue weighted by molar-refractivity contribution is 4.83. The largest absolute Gasteiger partial charge is 0.394 e. The van der Waals surface area contributed by atoms with Crippen LogP contribution in [0.1, 0.15) is 0 Å². The molecule has 0 amide bonds. The molecule has 5 atom stereocenters. The van der Waals surface area contributed by atoms with E-state index in [4.69, 9.17) is 31.1 Å². The Morgan fingerprint density at radius 2 is 1.53 bits per heavy atom. The SMILES string of the molecule is [N-]=[N+]=NC(O)[C@H](O)[C@@H](O)[C@@H](O)[C@H](O)CO. The van der Waals surface area contributed by atoms with E-state index in [1.807, 2.05) is 0 Å². The van der Waals surface area contributed by atoms with Crippen LogP contribution in [0.4, 0.5) is 0 Å². The molecule has 15 heavy (non-hydrogen) atoms. The van der Waals surface area contributed by atoms with Crippen molar-refractivity contribution in [1.82, 2.24) is 0 Å². The van der Waals surface area contributed by atoms with Crippen molar-refractivity contribution < 1.29 is 30.6 Å². The first kappa shape index (κ1) is 14.1. The molecule has 9 nitrogen and oxygen atoms in total. The third-order valence-corrected chi connectivity index (χ3v) is 1.76. The predicted molar refractivity (Wildman–Crippen MR) is 46.3 cm³/mol. The lowest BCUT2D eigenvalue weighted by atomic mass is 10.0. The Morgan fingerprint density at radius 1 is 1.00 bits per heavy atom. The van der Waals surface area contributed by atoms with Crippen LogP contribution >= 0.6 is 0 Å². The van der Waals surface area contributed by atoms with Crippen LogP contribution in [-0.2, 0) is 0 Å². The Kier molecular flexibility index (Phi) is 6.13. The van der Waals surface area contributed by atoms with Crippen LogP contribution in [0.3, 0.4) is 0 Å². The van der Waals surface area contributed by atoms with E-state index >= 15 is 0 Å². The smallest absolute Gasteiger partial charge is 0.161 e. The molecule has 0 fully saturated rings. The van der Waals surface area contributed by atoms with Gasteiger partial charge in [0, 0.05) is 4.91 Å². The normalized spacial score (nSPS) is 20.9. The summed E-state index contributed by atoms with van der Waals surface area (Å²) in [5, 5.41) is 56.3. The van der Waals surface area contributed by atoms with Gasteiger partial charge in [0.1, 0.15) is 24.4 Å². The monoisotopic (exact) mass is 223 g/mol. The van der Waals surface area contributed by atoms with Crippen molar-refractivity contribution in [3.8, 4) is 0 Å². The summed E-state index contributed by atoms with van der Waals surface area (Å²) in [4.78, 5) is 2.17. The van der Waals surface area contributed by atoms with E-state index < -0.39 is 37.3 Å². The second kappa shape index (κ2) is 6.53. The van der Waals surface area contributed by atoms with Gasteiger partial charge in [0.25, 0.3) is 0 Å². The molecule has 0 aliphatic carbocycles. The Balaban J connectivity index is 4.41. The lowest BCUT2D eigenvalue weighted by Crippen LogP contribution is -2.49. The van der Waals surface area contributed by atoms with Gasteiger partial charge >= 0.3 is 0 Å². The van der Waals surface area contributed by atoms with E-state index in [0.29, 0.717) is 0 Å². The second-order valence-electron chi connectivity index (χ2n) is 2.84. The van der Waals surface area contributed by atoms with Gasteiger partial charge < -0.3 is 30.6 Å². The molecule has 6 N–H and O–H groups in total. The maximum atomic E-state index is 9.17. The van der Waals surface area contributed by atoms with E-state index in [-0.39, 0.29) is 0 Å². The maximum Gasteiger partial charge on any atom is 0.161 e. The molecule has 0 aliphatic heterocycles. The number of azide groups is 1. The summed E-state index contributed by atoms with van der Waals surface area (Å²) in [5.74, 6) is 0. The molecule has 0 aliphatic rings. The zero-order chi connectivity index (χ0) is 12.0. The number of aliphatic hydroxyl groups is 6. The van der Waals surface area contributed by atoms with Gasteiger partial charge in [-0.3, -0.25) is 0 Å². The number of aliphatic hydroxyl groups excluding tert-OH is 6. The van der Waals surface area contributed by atoms with E-state index in [9.17, 15) is 5.11 Å². The second-order valence-corrected chi connectivity index (χ2v) is 2.84. The van der Waals surface area contributed by atoms with Gasteiger partial charge in [0.2, 0.25) is 0 Å². The molecule has 9 heteroatoms. The first-order valence-corrected chi connectivity index (χ1v) is 4.01. The fraction of sp³-hybridized carbons (Fsp3) is 1.00. The highest BCUT2D eigenvalue weighted by Gasteiger charge is 2.33. The number of rotatable bonds is 6. The summed E-state index contributed by atoms with van der Waals surface area (Å²) in [6.07, 6.45) is -9.41. The van der Waals surface area contributed by atoms with Crippen molar-refractivity contribution >= 4 is 0 Å². The maximum absolute atomic E-state index is 9.17. The molecule has 0 saturated carbocycles. The fourth-order valence-electron chi connectivity index (χ4n) is 0.835. The molecular formula is C6H13N3O6. The number of nitrogens with zero attached hydrogens (tertiary/aromatic N) is 3. The predicted octanol–water partition coefficient (Wildman–Crippen LogP) is -2.95. The summed E-state index contributed by atoms with van der Waals surface area (Å²) in [5.41, 5.74) is 7.92. The molecule has 0 bridgehead atoms. The highest BCUT2D eigenvalue weighted by Crippen LogP contribution is 2.09. The van der Waals surface area contributed by atoms with Crippen LogP contribution in [-0.4, -0.2) is 67.9 Å². The van der Waals surface area contributed by atoms with Crippen molar-refractivity contribution in [3.63, 3.8) is 0 Å². The molecule has 88 valence electrons. The van der Waals surface area contributed by atoms with Crippen molar-refractivity contribution in [2.45, 2.75) is 30.6 Å². The Bertz CT molecular complexity index is 233. The lowest BCUT2D eigenvalue weighted by Gasteiger charge is -2.26. The fourth-order valence-corrected chi connectivity index (χ4v) is 0.835. The Morgan fingerprint density at radius 3 is 1.93 bits per heavy atom. The van der Waals surface area contributed by atoms with Gasteiger partial charge in [-0.25, -0.2) is 0 Å². The third-order valence-electron chi connectivity index (χ3n) is 1.76. The van der Waals surface area contributed by atoms with Crippen molar-refractivity contribution in [1.29, 1.82) is 0 Å². The van der Waals surface area contributed by atoms with Crippen molar-refractivity contribution in [2.75, 3.05) is 6.61 Å². The van der Waals surface area contributed by atoms with Gasteiger partial charge in [-0.15, -0.1) is 0 Å². The average molecular weight is 223 g/mol. The lowest BCUT2D eigenvalue weighted by molar-refractivity contribution is -0.138. The molecular weight excluding hydrogens is 210 g/mol. The summed E-state index contributed by atoms with van der Waals surface area (Å²) < 4.78 is 0. The molecule has 0 aromatic heterocycles. The molecule has 0 heterocycles. The van der Waals surface area contributed by atoms with Crippen LogP contribution in [0.5, 0.6) is 0 Å². The van der Waals surface area contributed by atoms with Crippen LogP contribution in [0.15, 0.2) is 5.11 Å². The van der Waals surface area contributed by atoms with Crippen molar-refractivity contribution in [2.24, 2.45) is 5.11 Å². The van der Waals surface area contributed by atoms with Gasteiger partial charge in [-0.2, -0.15) is 0 Å². The van der Waals surface area contributed by atoms with Crippen LogP contribution in [0.2, 0.25) is 0 Å². The molecule has 0 radical (unpaired) electrons.